The fourth-order valence-electron chi connectivity index (χ4n) is 0.550. The molecule has 6 heteroatoms. The number of hydrogen-bond acceptors (Lipinski definition) is 3. The van der Waals surface area contributed by atoms with Crippen LogP contribution in [0.1, 0.15) is 0 Å². The van der Waals surface area contributed by atoms with Gasteiger partial charge >= 0.3 is 0 Å². The van der Waals surface area contributed by atoms with E-state index >= 15 is 0 Å². The molecule has 0 N–H and O–H groups in total. The molecule has 1 aromatic rings. The van der Waals surface area contributed by atoms with Crippen LogP contribution in [0.5, 0.6) is 0 Å². The van der Waals surface area contributed by atoms with Crippen LogP contribution in [0.3, 0.4) is 0 Å². The number of benzene rings is 1. The Morgan fingerprint density at radius 2 is 1.67 bits per heavy atom. The summed E-state index contributed by atoms with van der Waals surface area (Å²) in [5, 5.41) is 10.0. The first kappa shape index (κ1) is 11.6. The molecule has 0 bridgehead atoms. The molecule has 0 unspecified atom stereocenters. The first-order valence-electron chi connectivity index (χ1n) is 2.81. The first-order valence-corrected chi connectivity index (χ1v) is 5.28. The van der Waals surface area contributed by atoms with E-state index in [1.165, 1.54) is 12.1 Å². The lowest BCUT2D eigenvalue weighted by atomic mass is 10.3. The Hall–Kier alpha value is -0.450. The zero-order chi connectivity index (χ0) is 9.40. The van der Waals surface area contributed by atoms with Gasteiger partial charge in [0.25, 0.3) is 5.69 Å². The first-order chi connectivity index (χ1) is 5.72. The zero-order valence-electron chi connectivity index (χ0n) is 5.81. The summed E-state index contributed by atoms with van der Waals surface area (Å²) in [6.45, 7) is 0. The van der Waals surface area contributed by atoms with E-state index in [2.05, 4.69) is 21.4 Å². The van der Waals surface area contributed by atoms with E-state index in [0.29, 0.717) is 10.2 Å². The molecule has 0 aliphatic heterocycles. The fourth-order valence-corrected chi connectivity index (χ4v) is 0.550. The highest BCUT2D eigenvalue weighted by Gasteiger charge is 1.98. The van der Waals surface area contributed by atoms with Crippen LogP contribution < -0.4 is 0 Å². The van der Waals surface area contributed by atoms with Gasteiger partial charge < -0.3 is 0 Å². The standard InChI is InChI=1S/C6H5NO2.Cl2S/c8-7(9)6-4-2-1-3-5-6;1-3-2/h1-5H;. The molecule has 0 saturated heterocycles. The number of hydrogen-bond donors (Lipinski definition) is 0. The highest BCUT2D eigenvalue weighted by molar-refractivity contribution is 8.38. The van der Waals surface area contributed by atoms with Crippen molar-refractivity contribution in [3.63, 3.8) is 0 Å². The summed E-state index contributed by atoms with van der Waals surface area (Å²) < 4.78 is 0. The van der Waals surface area contributed by atoms with Crippen molar-refractivity contribution in [1.82, 2.24) is 0 Å². The summed E-state index contributed by atoms with van der Waals surface area (Å²) in [5.74, 6) is 0. The molecule has 0 heterocycles. The second-order valence-electron chi connectivity index (χ2n) is 1.65. The molecule has 0 amide bonds. The molecular formula is C6H5Cl2NO2S. The fraction of sp³-hybridized carbons (Fsp3) is 0. The molecule has 0 aromatic heterocycles. The van der Waals surface area contributed by atoms with Gasteiger partial charge in [-0.05, 0) is 21.4 Å². The van der Waals surface area contributed by atoms with E-state index in [-0.39, 0.29) is 5.69 Å². The van der Waals surface area contributed by atoms with Crippen LogP contribution in [0.4, 0.5) is 5.69 Å². The molecular weight excluding hydrogens is 221 g/mol. The molecule has 0 spiro atoms. The minimum atomic E-state index is -0.417. The van der Waals surface area contributed by atoms with E-state index in [1.807, 2.05) is 0 Å². The maximum Gasteiger partial charge on any atom is 0.269 e. The molecule has 0 fully saturated rings. The Labute approximate surface area is 82.8 Å². The second kappa shape index (κ2) is 7.21. The lowest BCUT2D eigenvalue weighted by molar-refractivity contribution is -0.384. The zero-order valence-corrected chi connectivity index (χ0v) is 8.14. The Kier molecular flexibility index (Phi) is 6.94. The molecule has 0 radical (unpaired) electrons. The summed E-state index contributed by atoms with van der Waals surface area (Å²) in [6, 6.07) is 7.93. The van der Waals surface area contributed by atoms with Crippen molar-refractivity contribution in [3.05, 3.63) is 40.4 Å². The smallest absolute Gasteiger partial charge is 0.258 e. The Morgan fingerprint density at radius 3 is 1.92 bits per heavy atom. The summed E-state index contributed by atoms with van der Waals surface area (Å²) >= 11 is 0. The summed E-state index contributed by atoms with van der Waals surface area (Å²) in [6.07, 6.45) is 0. The minimum Gasteiger partial charge on any atom is -0.258 e. The van der Waals surface area contributed by atoms with E-state index < -0.39 is 4.92 Å². The third-order valence-corrected chi connectivity index (χ3v) is 0.967. The Bertz CT molecular complexity index is 232. The molecule has 0 aliphatic rings. The number of para-hydroxylation sites is 1. The topological polar surface area (TPSA) is 43.1 Å². The lowest BCUT2D eigenvalue weighted by Crippen LogP contribution is -1.84. The molecule has 0 atom stereocenters. The number of nitro benzene ring substituents is 1. The van der Waals surface area contributed by atoms with Gasteiger partial charge in [-0.2, -0.15) is 0 Å². The van der Waals surface area contributed by atoms with Gasteiger partial charge in [0.1, 0.15) is 0 Å². The lowest BCUT2D eigenvalue weighted by Gasteiger charge is -1.85. The van der Waals surface area contributed by atoms with Crippen molar-refractivity contribution in [2.45, 2.75) is 0 Å². The SMILES string of the molecule is ClSCl.O=[N+]([O-])c1ccccc1. The van der Waals surface area contributed by atoms with Crippen LogP contribution in [-0.2, 0) is 0 Å². The van der Waals surface area contributed by atoms with Crippen LogP contribution in [0, 0.1) is 10.1 Å². The molecule has 3 nitrogen and oxygen atoms in total. The monoisotopic (exact) mass is 225 g/mol. The van der Waals surface area contributed by atoms with Crippen molar-refractivity contribution >= 4 is 37.2 Å². The van der Waals surface area contributed by atoms with E-state index in [0.717, 1.165) is 0 Å². The maximum atomic E-state index is 10.0. The number of non-ortho nitro benzene ring substituents is 1. The minimum absolute atomic E-state index is 0.137. The molecule has 1 rings (SSSR count). The van der Waals surface area contributed by atoms with Gasteiger partial charge in [0.15, 0.2) is 0 Å². The third-order valence-electron chi connectivity index (χ3n) is 0.967. The summed E-state index contributed by atoms with van der Waals surface area (Å²) in [7, 11) is 10.1. The Balaban J connectivity index is 0.000000354. The average Bonchev–Trinajstić information content (AvgIpc) is 2.07. The van der Waals surface area contributed by atoms with Crippen LogP contribution >= 0.6 is 31.6 Å². The van der Waals surface area contributed by atoms with E-state index in [9.17, 15) is 10.1 Å². The predicted molar refractivity (Wildman–Crippen MR) is 52.4 cm³/mol. The molecule has 0 aliphatic carbocycles. The quantitative estimate of drug-likeness (QED) is 0.542. The van der Waals surface area contributed by atoms with Gasteiger partial charge in [0.05, 0.1) is 15.1 Å². The van der Waals surface area contributed by atoms with Gasteiger partial charge in [0, 0.05) is 12.1 Å². The number of nitro groups is 1. The van der Waals surface area contributed by atoms with E-state index in [4.69, 9.17) is 0 Å². The van der Waals surface area contributed by atoms with Gasteiger partial charge in [-0.25, -0.2) is 0 Å². The third kappa shape index (κ3) is 5.23. The largest absolute Gasteiger partial charge is 0.269 e. The van der Waals surface area contributed by atoms with E-state index in [1.54, 1.807) is 18.2 Å². The highest BCUT2D eigenvalue weighted by atomic mass is 36.0. The van der Waals surface area contributed by atoms with Crippen LogP contribution in [0.15, 0.2) is 30.3 Å². The van der Waals surface area contributed by atoms with Gasteiger partial charge in [-0.3, -0.25) is 10.1 Å². The van der Waals surface area contributed by atoms with Crippen molar-refractivity contribution in [2.24, 2.45) is 0 Å². The van der Waals surface area contributed by atoms with Gasteiger partial charge in [0.2, 0.25) is 0 Å². The normalized spacial score (nSPS) is 8.17. The summed E-state index contributed by atoms with van der Waals surface area (Å²) in [4.78, 5) is 9.59. The maximum absolute atomic E-state index is 10.0. The van der Waals surface area contributed by atoms with Crippen molar-refractivity contribution in [2.75, 3.05) is 0 Å². The van der Waals surface area contributed by atoms with Crippen LogP contribution in [-0.4, -0.2) is 4.92 Å². The second-order valence-corrected chi connectivity index (χ2v) is 3.17. The molecule has 1 aromatic carbocycles. The molecule has 66 valence electrons. The number of nitrogens with zero attached hydrogens (tertiary/aromatic N) is 1. The number of rotatable bonds is 1. The Morgan fingerprint density at radius 1 is 1.25 bits per heavy atom. The predicted octanol–water partition coefficient (Wildman–Crippen LogP) is 3.62. The summed E-state index contributed by atoms with van der Waals surface area (Å²) in [5.41, 5.74) is 0.137. The van der Waals surface area contributed by atoms with Crippen molar-refractivity contribution in [1.29, 1.82) is 0 Å². The van der Waals surface area contributed by atoms with Crippen molar-refractivity contribution < 1.29 is 4.92 Å². The van der Waals surface area contributed by atoms with Crippen LogP contribution in [0.2, 0.25) is 0 Å². The van der Waals surface area contributed by atoms with Crippen molar-refractivity contribution in [3.8, 4) is 0 Å². The average molecular weight is 226 g/mol. The van der Waals surface area contributed by atoms with Gasteiger partial charge in [-0.15, -0.1) is 0 Å². The molecule has 12 heavy (non-hydrogen) atoms. The number of halogens is 2. The molecule has 0 saturated carbocycles. The van der Waals surface area contributed by atoms with Crippen LogP contribution in [0.25, 0.3) is 0 Å². The highest BCUT2D eigenvalue weighted by Crippen LogP contribution is 2.08. The van der Waals surface area contributed by atoms with Gasteiger partial charge in [-0.1, -0.05) is 18.2 Å².